The van der Waals surface area contributed by atoms with E-state index in [-0.39, 0.29) is 11.7 Å². The summed E-state index contributed by atoms with van der Waals surface area (Å²) in [7, 11) is 0. The molecule has 0 aliphatic carbocycles. The van der Waals surface area contributed by atoms with Crippen LogP contribution in [0.1, 0.15) is 36.4 Å². The van der Waals surface area contributed by atoms with Crippen molar-refractivity contribution in [2.45, 2.75) is 26.7 Å². The molecule has 1 atom stereocenters. The molecule has 72 valence electrons. The number of hydrogen-bond acceptors (Lipinski definition) is 2. The molecule has 0 radical (unpaired) electrons. The topological polar surface area (TPSA) is 17.1 Å². The molecule has 0 N–H and O–H groups in total. The van der Waals surface area contributed by atoms with Crippen molar-refractivity contribution in [3.63, 3.8) is 0 Å². The summed E-state index contributed by atoms with van der Waals surface area (Å²) in [6.45, 7) is 4.06. The molecule has 1 rings (SSSR count). The van der Waals surface area contributed by atoms with Crippen LogP contribution in [0.5, 0.6) is 0 Å². The molecule has 3 heteroatoms. The average molecular weight is 217 g/mol. The van der Waals surface area contributed by atoms with Crippen molar-refractivity contribution in [2.75, 3.05) is 0 Å². The van der Waals surface area contributed by atoms with E-state index in [0.29, 0.717) is 4.34 Å². The Morgan fingerprint density at radius 3 is 2.77 bits per heavy atom. The predicted octanol–water partition coefficient (Wildman–Crippen LogP) is 4.02. The van der Waals surface area contributed by atoms with Gasteiger partial charge in [-0.25, -0.2) is 0 Å². The molecule has 0 amide bonds. The van der Waals surface area contributed by atoms with Crippen molar-refractivity contribution < 1.29 is 4.79 Å². The molecule has 0 fully saturated rings. The second kappa shape index (κ2) is 4.77. The lowest BCUT2D eigenvalue weighted by Gasteiger charge is -2.05. The van der Waals surface area contributed by atoms with Gasteiger partial charge >= 0.3 is 0 Å². The molecular weight excluding hydrogens is 204 g/mol. The van der Waals surface area contributed by atoms with E-state index in [1.165, 1.54) is 11.3 Å². The van der Waals surface area contributed by atoms with Gasteiger partial charge in [0.1, 0.15) is 0 Å². The summed E-state index contributed by atoms with van der Waals surface area (Å²) in [4.78, 5) is 12.5. The predicted molar refractivity (Wildman–Crippen MR) is 57.7 cm³/mol. The average Bonchev–Trinajstić information content (AvgIpc) is 2.51. The van der Waals surface area contributed by atoms with Gasteiger partial charge in [0.2, 0.25) is 0 Å². The standard InChI is InChI=1S/C10H13ClOS/c1-3-4-7(2)10(12)8-5-6-9(11)13-8/h5-7H,3-4H2,1-2H3. The van der Waals surface area contributed by atoms with Gasteiger partial charge in [-0.05, 0) is 18.6 Å². The van der Waals surface area contributed by atoms with Crippen LogP contribution in [0.3, 0.4) is 0 Å². The van der Waals surface area contributed by atoms with Gasteiger partial charge in [0.15, 0.2) is 5.78 Å². The maximum Gasteiger partial charge on any atom is 0.175 e. The molecular formula is C10H13ClOS. The zero-order valence-electron chi connectivity index (χ0n) is 7.84. The Kier molecular flexibility index (Phi) is 3.94. The second-order valence-corrected chi connectivity index (χ2v) is 4.87. The van der Waals surface area contributed by atoms with E-state index in [1.807, 2.05) is 13.0 Å². The summed E-state index contributed by atoms with van der Waals surface area (Å²) in [5.41, 5.74) is 0. The summed E-state index contributed by atoms with van der Waals surface area (Å²) in [5, 5.41) is 0. The maximum atomic E-state index is 11.7. The molecule has 1 heterocycles. The van der Waals surface area contributed by atoms with Crippen LogP contribution in [-0.2, 0) is 0 Å². The maximum absolute atomic E-state index is 11.7. The van der Waals surface area contributed by atoms with Crippen LogP contribution in [0.25, 0.3) is 0 Å². The van der Waals surface area contributed by atoms with Crippen LogP contribution in [0.4, 0.5) is 0 Å². The Labute approximate surface area is 87.7 Å². The first-order valence-electron chi connectivity index (χ1n) is 4.44. The summed E-state index contributed by atoms with van der Waals surface area (Å²) in [5.74, 6) is 0.346. The van der Waals surface area contributed by atoms with Gasteiger partial charge in [0, 0.05) is 5.92 Å². The fourth-order valence-corrected chi connectivity index (χ4v) is 2.35. The van der Waals surface area contributed by atoms with Crippen molar-refractivity contribution in [1.82, 2.24) is 0 Å². The molecule has 0 aliphatic heterocycles. The van der Waals surface area contributed by atoms with Crippen molar-refractivity contribution >= 4 is 28.7 Å². The van der Waals surface area contributed by atoms with E-state index >= 15 is 0 Å². The molecule has 0 saturated heterocycles. The van der Waals surface area contributed by atoms with Gasteiger partial charge < -0.3 is 0 Å². The number of halogens is 1. The van der Waals surface area contributed by atoms with Crippen LogP contribution in [0, 0.1) is 5.92 Å². The highest BCUT2D eigenvalue weighted by atomic mass is 35.5. The lowest BCUT2D eigenvalue weighted by atomic mass is 10.0. The number of rotatable bonds is 4. The molecule has 0 aliphatic rings. The third-order valence-electron chi connectivity index (χ3n) is 1.99. The molecule has 1 aromatic rings. The Hall–Kier alpha value is -0.340. The molecule has 1 aromatic heterocycles. The monoisotopic (exact) mass is 216 g/mol. The van der Waals surface area contributed by atoms with E-state index in [0.717, 1.165) is 17.7 Å². The Bertz CT molecular complexity index is 293. The first kappa shape index (κ1) is 10.7. The van der Waals surface area contributed by atoms with E-state index in [4.69, 9.17) is 11.6 Å². The summed E-state index contributed by atoms with van der Waals surface area (Å²) >= 11 is 7.12. The zero-order chi connectivity index (χ0) is 9.84. The number of carbonyl (C=O) groups is 1. The number of thiophene rings is 1. The van der Waals surface area contributed by atoms with E-state index in [1.54, 1.807) is 6.07 Å². The fraction of sp³-hybridized carbons (Fsp3) is 0.500. The van der Waals surface area contributed by atoms with E-state index < -0.39 is 0 Å². The van der Waals surface area contributed by atoms with Crippen LogP contribution < -0.4 is 0 Å². The van der Waals surface area contributed by atoms with Crippen LogP contribution in [0.15, 0.2) is 12.1 Å². The van der Waals surface area contributed by atoms with Crippen molar-refractivity contribution in [1.29, 1.82) is 0 Å². The SMILES string of the molecule is CCCC(C)C(=O)c1ccc(Cl)s1. The number of Topliss-reactive ketones (excluding diaryl/α,β-unsaturated/α-hetero) is 1. The van der Waals surface area contributed by atoms with Crippen molar-refractivity contribution in [2.24, 2.45) is 5.92 Å². The van der Waals surface area contributed by atoms with Gasteiger partial charge in [-0.2, -0.15) is 0 Å². The van der Waals surface area contributed by atoms with Gasteiger partial charge in [-0.1, -0.05) is 31.9 Å². The smallest absolute Gasteiger partial charge is 0.175 e. The lowest BCUT2D eigenvalue weighted by molar-refractivity contribution is 0.0928. The van der Waals surface area contributed by atoms with Gasteiger partial charge in [-0.15, -0.1) is 11.3 Å². The highest BCUT2D eigenvalue weighted by Gasteiger charge is 2.15. The fourth-order valence-electron chi connectivity index (χ4n) is 1.25. The third-order valence-corrected chi connectivity index (χ3v) is 3.23. The van der Waals surface area contributed by atoms with Crippen molar-refractivity contribution in [3.8, 4) is 0 Å². The molecule has 13 heavy (non-hydrogen) atoms. The van der Waals surface area contributed by atoms with Crippen molar-refractivity contribution in [3.05, 3.63) is 21.3 Å². The van der Waals surface area contributed by atoms with Gasteiger partial charge in [0.25, 0.3) is 0 Å². The normalized spacial score (nSPS) is 12.8. The molecule has 1 unspecified atom stereocenters. The van der Waals surface area contributed by atoms with Crippen LogP contribution >= 0.6 is 22.9 Å². The second-order valence-electron chi connectivity index (χ2n) is 3.16. The summed E-state index contributed by atoms with van der Waals surface area (Å²) in [6.07, 6.45) is 2.00. The Morgan fingerprint density at radius 1 is 1.62 bits per heavy atom. The third kappa shape index (κ3) is 2.82. The first-order chi connectivity index (χ1) is 6.15. The zero-order valence-corrected chi connectivity index (χ0v) is 9.41. The minimum Gasteiger partial charge on any atom is -0.293 e. The van der Waals surface area contributed by atoms with E-state index in [9.17, 15) is 4.79 Å². The minimum absolute atomic E-state index is 0.125. The van der Waals surface area contributed by atoms with Gasteiger partial charge in [-0.3, -0.25) is 4.79 Å². The Balaban J connectivity index is 2.67. The van der Waals surface area contributed by atoms with Gasteiger partial charge in [0.05, 0.1) is 9.21 Å². The highest BCUT2D eigenvalue weighted by molar-refractivity contribution is 7.18. The quantitative estimate of drug-likeness (QED) is 0.695. The van der Waals surface area contributed by atoms with Crippen LogP contribution in [-0.4, -0.2) is 5.78 Å². The van der Waals surface area contributed by atoms with Crippen LogP contribution in [0.2, 0.25) is 4.34 Å². The number of carbonyl (C=O) groups excluding carboxylic acids is 1. The summed E-state index contributed by atoms with van der Waals surface area (Å²) in [6, 6.07) is 3.58. The molecule has 0 spiro atoms. The minimum atomic E-state index is 0.125. The molecule has 0 aromatic carbocycles. The highest BCUT2D eigenvalue weighted by Crippen LogP contribution is 2.24. The lowest BCUT2D eigenvalue weighted by Crippen LogP contribution is -2.08. The largest absolute Gasteiger partial charge is 0.293 e. The molecule has 1 nitrogen and oxygen atoms in total. The molecule has 0 bridgehead atoms. The summed E-state index contributed by atoms with van der Waals surface area (Å²) < 4.78 is 0.687. The Morgan fingerprint density at radius 2 is 2.31 bits per heavy atom. The van der Waals surface area contributed by atoms with E-state index in [2.05, 4.69) is 6.92 Å². The first-order valence-corrected chi connectivity index (χ1v) is 5.64. The molecule has 0 saturated carbocycles. The number of ketones is 1. The number of hydrogen-bond donors (Lipinski definition) is 0.